The van der Waals surface area contributed by atoms with Crippen LogP contribution in [-0.4, -0.2) is 43.0 Å². The van der Waals surface area contributed by atoms with Gasteiger partial charge in [-0.15, -0.1) is 12.4 Å². The predicted octanol–water partition coefficient (Wildman–Crippen LogP) is 4.17. The first-order valence-corrected chi connectivity index (χ1v) is 9.79. The third-order valence-electron chi connectivity index (χ3n) is 4.46. The summed E-state index contributed by atoms with van der Waals surface area (Å²) in [6, 6.07) is 12.9. The van der Waals surface area contributed by atoms with Gasteiger partial charge >= 0.3 is 5.63 Å². The Morgan fingerprint density at radius 3 is 2.67 bits per heavy atom. The molecule has 0 aliphatic carbocycles. The fourth-order valence-electron chi connectivity index (χ4n) is 2.94. The molecule has 0 N–H and O–H groups in total. The number of rotatable bonds is 5. The molecular formula is C21H19ClFN3O3S. The Balaban J connectivity index is 0.00000256. The van der Waals surface area contributed by atoms with Crippen LogP contribution in [0.1, 0.15) is 10.4 Å². The van der Waals surface area contributed by atoms with E-state index in [2.05, 4.69) is 4.98 Å². The van der Waals surface area contributed by atoms with Gasteiger partial charge in [-0.2, -0.15) is 0 Å². The van der Waals surface area contributed by atoms with Crippen molar-refractivity contribution in [2.24, 2.45) is 0 Å². The molecular weight excluding hydrogens is 429 g/mol. The number of fused-ring (bicyclic) bond motifs is 2. The van der Waals surface area contributed by atoms with Crippen molar-refractivity contribution in [1.82, 2.24) is 9.88 Å². The number of para-hydroxylation sites is 1. The fourth-order valence-corrected chi connectivity index (χ4v) is 3.96. The number of halogens is 2. The highest BCUT2D eigenvalue weighted by molar-refractivity contribution is 7.22. The smallest absolute Gasteiger partial charge is 0.349 e. The Morgan fingerprint density at radius 1 is 1.13 bits per heavy atom. The molecule has 0 aliphatic rings. The quantitative estimate of drug-likeness (QED) is 0.429. The monoisotopic (exact) mass is 447 g/mol. The van der Waals surface area contributed by atoms with E-state index in [4.69, 9.17) is 4.42 Å². The van der Waals surface area contributed by atoms with E-state index in [0.717, 1.165) is 0 Å². The van der Waals surface area contributed by atoms with Crippen molar-refractivity contribution in [1.29, 1.82) is 0 Å². The molecule has 0 saturated heterocycles. The van der Waals surface area contributed by atoms with Crippen LogP contribution in [0, 0.1) is 5.82 Å². The van der Waals surface area contributed by atoms with Gasteiger partial charge in [-0.3, -0.25) is 9.69 Å². The summed E-state index contributed by atoms with van der Waals surface area (Å²) in [5.74, 6) is -0.861. The standard InChI is InChI=1S/C21H18FN3O3S.ClH/c1-24(2)9-10-25(21-23-16-8-7-14(22)12-18(16)29-21)19(26)15-11-13-5-3-4-6-17(13)28-20(15)27;/h3-8,11-12H,9-10H2,1-2H3;1H. The van der Waals surface area contributed by atoms with Crippen LogP contribution in [0.5, 0.6) is 0 Å². The molecule has 0 bridgehead atoms. The van der Waals surface area contributed by atoms with Crippen LogP contribution in [0.3, 0.4) is 0 Å². The Hall–Kier alpha value is -2.81. The SMILES string of the molecule is CN(C)CCN(C(=O)c1cc2ccccc2oc1=O)c1nc2ccc(F)cc2s1.Cl. The largest absolute Gasteiger partial charge is 0.422 e. The maximum atomic E-state index is 13.6. The number of nitrogens with zero attached hydrogens (tertiary/aromatic N) is 3. The lowest BCUT2D eigenvalue weighted by atomic mass is 10.1. The summed E-state index contributed by atoms with van der Waals surface area (Å²) in [5, 5.41) is 1.07. The van der Waals surface area contributed by atoms with Gasteiger partial charge in [0, 0.05) is 18.5 Å². The van der Waals surface area contributed by atoms with Crippen LogP contribution in [0.4, 0.5) is 9.52 Å². The molecule has 9 heteroatoms. The minimum atomic E-state index is -0.698. The Bertz CT molecular complexity index is 1270. The lowest BCUT2D eigenvalue weighted by molar-refractivity contribution is 0.0982. The number of carbonyl (C=O) groups is 1. The zero-order valence-corrected chi connectivity index (χ0v) is 17.9. The molecule has 6 nitrogen and oxygen atoms in total. The molecule has 0 saturated carbocycles. The highest BCUT2D eigenvalue weighted by Gasteiger charge is 2.25. The second kappa shape index (κ2) is 8.91. The summed E-state index contributed by atoms with van der Waals surface area (Å²) >= 11 is 1.21. The van der Waals surface area contributed by atoms with Crippen molar-refractivity contribution in [2.45, 2.75) is 0 Å². The molecule has 0 unspecified atom stereocenters. The molecule has 1 amide bonds. The topological polar surface area (TPSA) is 66.7 Å². The summed E-state index contributed by atoms with van der Waals surface area (Å²) in [6.45, 7) is 0.884. The number of thiazole rings is 1. The first-order chi connectivity index (χ1) is 13.9. The van der Waals surface area contributed by atoms with Crippen molar-refractivity contribution in [2.75, 3.05) is 32.1 Å². The van der Waals surface area contributed by atoms with Crippen LogP contribution < -0.4 is 10.5 Å². The molecule has 2 aromatic carbocycles. The van der Waals surface area contributed by atoms with Gasteiger partial charge < -0.3 is 9.32 Å². The van der Waals surface area contributed by atoms with Crippen LogP contribution in [0.25, 0.3) is 21.2 Å². The highest BCUT2D eigenvalue weighted by atomic mass is 35.5. The first-order valence-electron chi connectivity index (χ1n) is 8.98. The lowest BCUT2D eigenvalue weighted by Gasteiger charge is -2.21. The fraction of sp³-hybridized carbons (Fsp3) is 0.190. The van der Waals surface area contributed by atoms with Gasteiger partial charge in [0.05, 0.1) is 10.2 Å². The van der Waals surface area contributed by atoms with E-state index in [1.54, 1.807) is 30.3 Å². The minimum Gasteiger partial charge on any atom is -0.422 e. The maximum Gasteiger partial charge on any atom is 0.349 e. The van der Waals surface area contributed by atoms with Crippen molar-refractivity contribution in [3.05, 3.63) is 70.3 Å². The first kappa shape index (κ1) is 21.9. The van der Waals surface area contributed by atoms with Crippen molar-refractivity contribution in [3.63, 3.8) is 0 Å². The molecule has 2 aromatic heterocycles. The van der Waals surface area contributed by atoms with E-state index in [1.807, 2.05) is 25.1 Å². The Labute approximate surface area is 182 Å². The molecule has 2 heterocycles. The molecule has 30 heavy (non-hydrogen) atoms. The molecule has 4 aromatic rings. The second-order valence-corrected chi connectivity index (χ2v) is 7.86. The average molecular weight is 448 g/mol. The van der Waals surface area contributed by atoms with Crippen LogP contribution >= 0.6 is 23.7 Å². The number of anilines is 1. The minimum absolute atomic E-state index is 0. The van der Waals surface area contributed by atoms with Gasteiger partial charge in [0.1, 0.15) is 17.0 Å². The third kappa shape index (κ3) is 4.35. The van der Waals surface area contributed by atoms with Gasteiger partial charge in [-0.25, -0.2) is 14.2 Å². The Morgan fingerprint density at radius 2 is 1.90 bits per heavy atom. The summed E-state index contributed by atoms with van der Waals surface area (Å²) in [6.07, 6.45) is 0. The van der Waals surface area contributed by atoms with E-state index in [-0.39, 0.29) is 23.8 Å². The highest BCUT2D eigenvalue weighted by Crippen LogP contribution is 2.30. The lowest BCUT2D eigenvalue weighted by Crippen LogP contribution is -2.38. The summed E-state index contributed by atoms with van der Waals surface area (Å²) in [5.41, 5.74) is 0.257. The summed E-state index contributed by atoms with van der Waals surface area (Å²) in [7, 11) is 3.78. The number of likely N-dealkylation sites (N-methyl/N-ethyl adjacent to an activating group) is 1. The van der Waals surface area contributed by atoms with E-state index < -0.39 is 11.5 Å². The van der Waals surface area contributed by atoms with Gasteiger partial charge in [0.2, 0.25) is 0 Å². The molecule has 0 radical (unpaired) electrons. The van der Waals surface area contributed by atoms with Crippen LogP contribution in [0.15, 0.2) is 57.7 Å². The molecule has 4 rings (SSSR count). The van der Waals surface area contributed by atoms with Gasteiger partial charge in [0.15, 0.2) is 5.13 Å². The predicted molar refractivity (Wildman–Crippen MR) is 120 cm³/mol. The van der Waals surface area contributed by atoms with Gasteiger partial charge in [-0.1, -0.05) is 29.5 Å². The number of aromatic nitrogens is 1. The number of carbonyl (C=O) groups excluding carboxylic acids is 1. The average Bonchev–Trinajstić information content (AvgIpc) is 3.09. The van der Waals surface area contributed by atoms with E-state index in [1.165, 1.54) is 28.4 Å². The second-order valence-electron chi connectivity index (χ2n) is 6.85. The maximum absolute atomic E-state index is 13.6. The summed E-state index contributed by atoms with van der Waals surface area (Å²) < 4.78 is 19.5. The number of hydrogen-bond donors (Lipinski definition) is 0. The van der Waals surface area contributed by atoms with Crippen LogP contribution in [-0.2, 0) is 0 Å². The van der Waals surface area contributed by atoms with Gasteiger partial charge in [-0.05, 0) is 44.4 Å². The van der Waals surface area contributed by atoms with Crippen LogP contribution in [0.2, 0.25) is 0 Å². The van der Waals surface area contributed by atoms with E-state index >= 15 is 0 Å². The molecule has 0 spiro atoms. The zero-order chi connectivity index (χ0) is 20.5. The van der Waals surface area contributed by atoms with Crippen molar-refractivity contribution < 1.29 is 13.6 Å². The molecule has 156 valence electrons. The zero-order valence-electron chi connectivity index (χ0n) is 16.3. The van der Waals surface area contributed by atoms with Gasteiger partial charge in [0.25, 0.3) is 5.91 Å². The van der Waals surface area contributed by atoms with Crippen molar-refractivity contribution >= 4 is 56.0 Å². The van der Waals surface area contributed by atoms with E-state index in [9.17, 15) is 14.0 Å². The Kier molecular flexibility index (Phi) is 6.50. The molecule has 0 atom stereocenters. The number of amides is 1. The normalized spacial score (nSPS) is 11.1. The van der Waals surface area contributed by atoms with Crippen molar-refractivity contribution in [3.8, 4) is 0 Å². The summed E-state index contributed by atoms with van der Waals surface area (Å²) in [4.78, 5) is 33.6. The molecule has 0 fully saturated rings. The van der Waals surface area contributed by atoms with E-state index in [0.29, 0.717) is 39.4 Å². The molecule has 0 aliphatic heterocycles. The number of benzene rings is 2. The third-order valence-corrected chi connectivity index (χ3v) is 5.50. The number of hydrogen-bond acceptors (Lipinski definition) is 6.